The van der Waals surface area contributed by atoms with Crippen molar-refractivity contribution in [3.63, 3.8) is 0 Å². The molecule has 0 aliphatic rings. The Labute approximate surface area is 115 Å². The van der Waals surface area contributed by atoms with Crippen molar-refractivity contribution in [3.05, 3.63) is 29.6 Å². The minimum atomic E-state index is 0.789. The largest absolute Gasteiger partial charge is 0.398 e. The lowest BCUT2D eigenvalue weighted by atomic mass is 10.1. The van der Waals surface area contributed by atoms with E-state index < -0.39 is 0 Å². The van der Waals surface area contributed by atoms with E-state index >= 15 is 0 Å². The van der Waals surface area contributed by atoms with Crippen molar-refractivity contribution in [3.8, 4) is 10.6 Å². The molecule has 3 aromatic rings. The van der Waals surface area contributed by atoms with Gasteiger partial charge in [0.25, 0.3) is 0 Å². The molecule has 0 amide bonds. The van der Waals surface area contributed by atoms with Gasteiger partial charge in [0.1, 0.15) is 5.01 Å². The second-order valence-corrected chi connectivity index (χ2v) is 5.50. The lowest BCUT2D eigenvalue weighted by Crippen LogP contribution is -1.95. The number of nitrogen functional groups attached to an aromatic ring is 1. The molecule has 98 valence electrons. The Bertz CT molecular complexity index is 728. The Morgan fingerprint density at radius 3 is 2.89 bits per heavy atom. The maximum atomic E-state index is 5.95. The molecule has 0 aliphatic carbocycles. The molecule has 0 spiro atoms. The normalized spacial score (nSPS) is 11.3. The Kier molecular flexibility index (Phi) is 2.94. The first-order valence-corrected chi connectivity index (χ1v) is 7.08. The number of nitrogens with zero attached hydrogens (tertiary/aromatic N) is 4. The minimum absolute atomic E-state index is 0.789. The summed E-state index contributed by atoms with van der Waals surface area (Å²) in [6.45, 7) is 4.12. The fourth-order valence-corrected chi connectivity index (χ4v) is 2.78. The number of hydrogen-bond donors (Lipinski definition) is 1. The second-order valence-electron chi connectivity index (χ2n) is 4.54. The highest BCUT2D eigenvalue weighted by Crippen LogP contribution is 2.28. The van der Waals surface area contributed by atoms with E-state index in [0.717, 1.165) is 45.4 Å². The Morgan fingerprint density at radius 2 is 2.16 bits per heavy atom. The van der Waals surface area contributed by atoms with Crippen LogP contribution in [-0.2, 0) is 6.42 Å². The van der Waals surface area contributed by atoms with E-state index in [9.17, 15) is 0 Å². The van der Waals surface area contributed by atoms with Crippen molar-refractivity contribution in [2.75, 3.05) is 5.73 Å². The van der Waals surface area contributed by atoms with E-state index in [-0.39, 0.29) is 0 Å². The van der Waals surface area contributed by atoms with Gasteiger partial charge in [-0.2, -0.15) is 9.61 Å². The maximum absolute atomic E-state index is 5.95. The highest BCUT2D eigenvalue weighted by Gasteiger charge is 2.12. The van der Waals surface area contributed by atoms with Gasteiger partial charge in [0, 0.05) is 17.7 Å². The molecule has 0 atom stereocenters. The molecule has 2 N–H and O–H groups in total. The van der Waals surface area contributed by atoms with Gasteiger partial charge in [-0.15, -0.1) is 10.2 Å². The molecule has 3 rings (SSSR count). The van der Waals surface area contributed by atoms with Crippen LogP contribution in [0.2, 0.25) is 0 Å². The zero-order chi connectivity index (χ0) is 13.4. The summed E-state index contributed by atoms with van der Waals surface area (Å²) in [5.74, 6) is 0.917. The van der Waals surface area contributed by atoms with Crippen molar-refractivity contribution < 1.29 is 0 Å². The number of hydrogen-bond acceptors (Lipinski definition) is 5. The van der Waals surface area contributed by atoms with Gasteiger partial charge in [-0.1, -0.05) is 30.4 Å². The highest BCUT2D eigenvalue weighted by atomic mass is 32.1. The SMILES string of the molecule is CCCc1nnc2sc(-c3ccc(C)c(N)c3)nn12. The molecule has 1 aromatic carbocycles. The molecule has 19 heavy (non-hydrogen) atoms. The van der Waals surface area contributed by atoms with Gasteiger partial charge >= 0.3 is 0 Å². The number of benzene rings is 1. The molecule has 0 saturated carbocycles. The average Bonchev–Trinajstić information content (AvgIpc) is 2.95. The van der Waals surface area contributed by atoms with Crippen LogP contribution >= 0.6 is 11.3 Å². The van der Waals surface area contributed by atoms with Crippen molar-refractivity contribution >= 4 is 22.0 Å². The topological polar surface area (TPSA) is 69.1 Å². The molecule has 2 aromatic heterocycles. The van der Waals surface area contributed by atoms with Crippen molar-refractivity contribution in [1.29, 1.82) is 0 Å². The number of nitrogens with two attached hydrogens (primary N) is 1. The van der Waals surface area contributed by atoms with Crippen molar-refractivity contribution in [1.82, 2.24) is 19.8 Å². The fourth-order valence-electron chi connectivity index (χ4n) is 1.93. The molecule has 6 heteroatoms. The van der Waals surface area contributed by atoms with Crippen LogP contribution in [0, 0.1) is 6.92 Å². The number of fused-ring (bicyclic) bond motifs is 1. The van der Waals surface area contributed by atoms with E-state index in [4.69, 9.17) is 5.73 Å². The molecule has 0 radical (unpaired) electrons. The smallest absolute Gasteiger partial charge is 0.234 e. The first-order valence-electron chi connectivity index (χ1n) is 6.26. The molecule has 0 unspecified atom stereocenters. The van der Waals surface area contributed by atoms with Gasteiger partial charge in [-0.05, 0) is 25.0 Å². The summed E-state index contributed by atoms with van der Waals surface area (Å²) in [4.78, 5) is 0.831. The van der Waals surface area contributed by atoms with Crippen LogP contribution in [0.15, 0.2) is 18.2 Å². The second kappa shape index (κ2) is 4.62. The van der Waals surface area contributed by atoms with Crippen LogP contribution in [-0.4, -0.2) is 19.8 Å². The van der Waals surface area contributed by atoms with Gasteiger partial charge in [0.05, 0.1) is 0 Å². The first kappa shape index (κ1) is 12.1. The third-order valence-corrected chi connectivity index (χ3v) is 4.00. The molecule has 5 nitrogen and oxygen atoms in total. The summed E-state index contributed by atoms with van der Waals surface area (Å²) in [7, 11) is 0. The summed E-state index contributed by atoms with van der Waals surface area (Å²) in [6, 6.07) is 6.01. The molecular weight excluding hydrogens is 258 g/mol. The Balaban J connectivity index is 2.07. The number of aryl methyl sites for hydroxylation is 2. The van der Waals surface area contributed by atoms with Gasteiger partial charge in [0.2, 0.25) is 4.96 Å². The van der Waals surface area contributed by atoms with Gasteiger partial charge < -0.3 is 5.73 Å². The third kappa shape index (κ3) is 2.08. The lowest BCUT2D eigenvalue weighted by Gasteiger charge is -2.01. The van der Waals surface area contributed by atoms with E-state index in [1.807, 2.05) is 29.6 Å². The molecule has 0 saturated heterocycles. The van der Waals surface area contributed by atoms with E-state index in [0.29, 0.717) is 0 Å². The Morgan fingerprint density at radius 1 is 1.32 bits per heavy atom. The van der Waals surface area contributed by atoms with Crippen molar-refractivity contribution in [2.24, 2.45) is 0 Å². The van der Waals surface area contributed by atoms with Crippen LogP contribution in [0.4, 0.5) is 5.69 Å². The number of aromatic nitrogens is 4. The van der Waals surface area contributed by atoms with Crippen molar-refractivity contribution in [2.45, 2.75) is 26.7 Å². The van der Waals surface area contributed by atoms with E-state index in [1.165, 1.54) is 11.3 Å². The summed E-state index contributed by atoms with van der Waals surface area (Å²) >= 11 is 1.53. The summed E-state index contributed by atoms with van der Waals surface area (Å²) in [6.07, 6.45) is 1.92. The standard InChI is InChI=1S/C13H15N5S/c1-3-4-11-15-16-13-18(11)17-12(19-13)9-6-5-8(2)10(14)7-9/h5-7H,3-4,14H2,1-2H3. The lowest BCUT2D eigenvalue weighted by molar-refractivity contribution is 0.778. The van der Waals surface area contributed by atoms with Crippen LogP contribution in [0.5, 0.6) is 0 Å². The summed E-state index contributed by atoms with van der Waals surface area (Å²) in [5, 5.41) is 13.8. The summed E-state index contributed by atoms with van der Waals surface area (Å²) in [5.41, 5.74) is 8.85. The quantitative estimate of drug-likeness (QED) is 0.745. The highest BCUT2D eigenvalue weighted by molar-refractivity contribution is 7.19. The average molecular weight is 273 g/mol. The predicted molar refractivity (Wildman–Crippen MR) is 77.2 cm³/mol. The molecule has 0 aliphatic heterocycles. The van der Waals surface area contributed by atoms with Crippen LogP contribution < -0.4 is 5.73 Å². The minimum Gasteiger partial charge on any atom is -0.398 e. The zero-order valence-electron chi connectivity index (χ0n) is 10.9. The maximum Gasteiger partial charge on any atom is 0.234 e. The van der Waals surface area contributed by atoms with Gasteiger partial charge in [-0.25, -0.2) is 0 Å². The molecule has 0 bridgehead atoms. The monoisotopic (exact) mass is 273 g/mol. The molecular formula is C13H15N5S. The van der Waals surface area contributed by atoms with Crippen LogP contribution in [0.1, 0.15) is 24.7 Å². The fraction of sp³-hybridized carbons (Fsp3) is 0.308. The zero-order valence-corrected chi connectivity index (χ0v) is 11.7. The molecule has 0 fully saturated rings. The predicted octanol–water partition coefficient (Wildman–Crippen LogP) is 2.70. The van der Waals surface area contributed by atoms with Crippen LogP contribution in [0.25, 0.3) is 15.5 Å². The van der Waals surface area contributed by atoms with Crippen LogP contribution in [0.3, 0.4) is 0 Å². The number of rotatable bonds is 3. The first-order chi connectivity index (χ1) is 9.19. The summed E-state index contributed by atoms with van der Waals surface area (Å²) < 4.78 is 1.83. The van der Waals surface area contributed by atoms with E-state index in [1.54, 1.807) is 0 Å². The third-order valence-electron chi connectivity index (χ3n) is 3.06. The Hall–Kier alpha value is -1.95. The van der Waals surface area contributed by atoms with E-state index in [2.05, 4.69) is 22.2 Å². The van der Waals surface area contributed by atoms with Gasteiger partial charge in [0.15, 0.2) is 5.82 Å². The number of anilines is 1. The molecule has 2 heterocycles. The van der Waals surface area contributed by atoms with Gasteiger partial charge in [-0.3, -0.25) is 0 Å².